The number of halogens is 2. The van der Waals surface area contributed by atoms with Gasteiger partial charge in [-0.1, -0.05) is 41.1 Å². The molecule has 172 valence electrons. The first-order valence-electron chi connectivity index (χ1n) is 10.4. The summed E-state index contributed by atoms with van der Waals surface area (Å²) >= 11 is 3.39. The summed E-state index contributed by atoms with van der Waals surface area (Å²) in [5.74, 6) is -2.79. The van der Waals surface area contributed by atoms with Crippen LogP contribution in [0.3, 0.4) is 0 Å². The van der Waals surface area contributed by atoms with Gasteiger partial charge in [-0.05, 0) is 66.6 Å². The summed E-state index contributed by atoms with van der Waals surface area (Å²) in [7, 11) is 0. The lowest BCUT2D eigenvalue weighted by Gasteiger charge is -2.13. The first-order valence-corrected chi connectivity index (χ1v) is 11.2. The number of carbonyl (C=O) groups is 3. The lowest BCUT2D eigenvalue weighted by atomic mass is 10.1. The molecule has 34 heavy (non-hydrogen) atoms. The SMILES string of the molecule is CCc1ccccc1NC(=O)C(=O)Nn1c(C(=O)Nc2ccc(F)cc2)cc2cc(Br)ccc21. The third kappa shape index (κ3) is 4.99. The second-order valence-electron chi connectivity index (χ2n) is 7.43. The van der Waals surface area contributed by atoms with Gasteiger partial charge in [-0.2, -0.15) is 0 Å². The highest BCUT2D eigenvalue weighted by Crippen LogP contribution is 2.24. The standard InChI is InChI=1S/C25H20BrFN4O3/c1-2-15-5-3-4-6-20(15)29-24(33)25(34)30-31-21-12-7-17(26)13-16(21)14-22(31)23(32)28-19-10-8-18(27)9-11-19/h3-14H,2H2,1H3,(H,28,32)(H,29,33)(H,30,34). The largest absolute Gasteiger partial charge is 0.328 e. The first kappa shape index (κ1) is 23.2. The summed E-state index contributed by atoms with van der Waals surface area (Å²) in [6.07, 6.45) is 0.683. The van der Waals surface area contributed by atoms with Crippen molar-refractivity contribution in [3.05, 3.63) is 94.3 Å². The van der Waals surface area contributed by atoms with Crippen LogP contribution in [0.2, 0.25) is 0 Å². The van der Waals surface area contributed by atoms with E-state index in [4.69, 9.17) is 0 Å². The van der Waals surface area contributed by atoms with Gasteiger partial charge in [-0.15, -0.1) is 0 Å². The van der Waals surface area contributed by atoms with Gasteiger partial charge < -0.3 is 10.6 Å². The Morgan fingerprint density at radius 1 is 0.912 bits per heavy atom. The number of nitrogens with one attached hydrogen (secondary N) is 3. The maximum Gasteiger partial charge on any atom is 0.328 e. The highest BCUT2D eigenvalue weighted by atomic mass is 79.9. The van der Waals surface area contributed by atoms with Crippen LogP contribution in [0.25, 0.3) is 10.9 Å². The maximum absolute atomic E-state index is 13.2. The van der Waals surface area contributed by atoms with Crippen LogP contribution in [-0.4, -0.2) is 22.4 Å². The smallest absolute Gasteiger partial charge is 0.321 e. The van der Waals surface area contributed by atoms with E-state index in [1.165, 1.54) is 28.9 Å². The van der Waals surface area contributed by atoms with Gasteiger partial charge >= 0.3 is 11.8 Å². The summed E-state index contributed by atoms with van der Waals surface area (Å²) < 4.78 is 15.2. The molecule has 0 aliphatic carbocycles. The number of anilines is 2. The quantitative estimate of drug-likeness (QED) is 0.319. The van der Waals surface area contributed by atoms with Gasteiger partial charge in [0.05, 0.1) is 5.52 Å². The zero-order valence-corrected chi connectivity index (χ0v) is 19.6. The molecule has 0 fully saturated rings. The summed E-state index contributed by atoms with van der Waals surface area (Å²) in [4.78, 5) is 38.4. The lowest BCUT2D eigenvalue weighted by Crippen LogP contribution is -2.36. The zero-order valence-electron chi connectivity index (χ0n) is 18.1. The molecule has 0 bridgehead atoms. The van der Waals surface area contributed by atoms with Gasteiger partial charge in [-0.25, -0.2) is 9.07 Å². The number of hydrogen-bond acceptors (Lipinski definition) is 3. The Balaban J connectivity index is 1.62. The highest BCUT2D eigenvalue weighted by molar-refractivity contribution is 9.10. The van der Waals surface area contributed by atoms with Crippen molar-refractivity contribution in [1.29, 1.82) is 0 Å². The Morgan fingerprint density at radius 3 is 2.38 bits per heavy atom. The third-order valence-electron chi connectivity index (χ3n) is 5.16. The Hall–Kier alpha value is -3.98. The minimum atomic E-state index is -0.942. The fourth-order valence-electron chi connectivity index (χ4n) is 3.48. The first-order chi connectivity index (χ1) is 16.4. The molecule has 1 aromatic heterocycles. The number of fused-ring (bicyclic) bond motifs is 1. The molecule has 0 saturated carbocycles. The normalized spacial score (nSPS) is 10.7. The monoisotopic (exact) mass is 522 g/mol. The van der Waals surface area contributed by atoms with Crippen molar-refractivity contribution in [2.45, 2.75) is 13.3 Å². The maximum atomic E-state index is 13.2. The van der Waals surface area contributed by atoms with Crippen LogP contribution < -0.4 is 16.1 Å². The van der Waals surface area contributed by atoms with Crippen molar-refractivity contribution in [2.24, 2.45) is 0 Å². The zero-order chi connectivity index (χ0) is 24.2. The van der Waals surface area contributed by atoms with E-state index in [1.807, 2.05) is 19.1 Å². The predicted molar refractivity (Wildman–Crippen MR) is 133 cm³/mol. The Labute approximate surface area is 203 Å². The molecule has 3 aromatic carbocycles. The van der Waals surface area contributed by atoms with Crippen LogP contribution in [-0.2, 0) is 16.0 Å². The molecule has 3 amide bonds. The van der Waals surface area contributed by atoms with Crippen molar-refractivity contribution in [1.82, 2.24) is 4.68 Å². The van der Waals surface area contributed by atoms with E-state index in [-0.39, 0.29) is 5.69 Å². The molecule has 1 heterocycles. The number of carbonyl (C=O) groups excluding carboxylic acids is 3. The van der Waals surface area contributed by atoms with E-state index in [9.17, 15) is 18.8 Å². The molecule has 4 rings (SSSR count). The molecule has 3 N–H and O–H groups in total. The number of benzene rings is 3. The summed E-state index contributed by atoms with van der Waals surface area (Å²) in [6, 6.07) is 19.3. The van der Waals surface area contributed by atoms with E-state index >= 15 is 0 Å². The van der Waals surface area contributed by atoms with E-state index in [0.717, 1.165) is 10.0 Å². The Kier molecular flexibility index (Phi) is 6.74. The van der Waals surface area contributed by atoms with E-state index < -0.39 is 23.5 Å². The van der Waals surface area contributed by atoms with Gasteiger partial charge in [0.15, 0.2) is 0 Å². The average molecular weight is 523 g/mol. The van der Waals surface area contributed by atoms with Gasteiger partial charge in [0.2, 0.25) is 0 Å². The van der Waals surface area contributed by atoms with Gasteiger partial charge in [0.1, 0.15) is 11.5 Å². The molecule has 0 aliphatic rings. The fraction of sp³-hybridized carbons (Fsp3) is 0.0800. The molecule has 7 nitrogen and oxygen atoms in total. The van der Waals surface area contributed by atoms with Crippen molar-refractivity contribution in [2.75, 3.05) is 16.1 Å². The van der Waals surface area contributed by atoms with Crippen LogP contribution in [0.15, 0.2) is 77.3 Å². The molecule has 0 radical (unpaired) electrons. The number of amides is 3. The molecule has 0 atom stereocenters. The summed E-state index contributed by atoms with van der Waals surface area (Å²) in [6.45, 7) is 1.95. The van der Waals surface area contributed by atoms with Crippen LogP contribution in [0.4, 0.5) is 15.8 Å². The number of aryl methyl sites for hydroxylation is 1. The number of rotatable bonds is 5. The fourth-order valence-corrected chi connectivity index (χ4v) is 3.86. The second-order valence-corrected chi connectivity index (χ2v) is 8.35. The van der Waals surface area contributed by atoms with Crippen LogP contribution >= 0.6 is 15.9 Å². The Bertz CT molecular complexity index is 1400. The highest BCUT2D eigenvalue weighted by Gasteiger charge is 2.21. The van der Waals surface area contributed by atoms with Crippen LogP contribution in [0.1, 0.15) is 23.0 Å². The van der Waals surface area contributed by atoms with Crippen molar-refractivity contribution >= 4 is 55.9 Å². The number of hydrogen-bond donors (Lipinski definition) is 3. The molecule has 0 spiro atoms. The molecule has 0 aliphatic heterocycles. The topological polar surface area (TPSA) is 92.2 Å². The number of nitrogens with zero attached hydrogens (tertiary/aromatic N) is 1. The molecule has 0 saturated heterocycles. The molecular formula is C25H20BrFN4O3. The molecule has 4 aromatic rings. The lowest BCUT2D eigenvalue weighted by molar-refractivity contribution is -0.133. The van der Waals surface area contributed by atoms with Crippen molar-refractivity contribution in [3.8, 4) is 0 Å². The minimum Gasteiger partial charge on any atom is -0.321 e. The number of para-hydroxylation sites is 1. The van der Waals surface area contributed by atoms with Gasteiger partial charge in [0.25, 0.3) is 5.91 Å². The molecular weight excluding hydrogens is 503 g/mol. The van der Waals surface area contributed by atoms with Crippen molar-refractivity contribution in [3.63, 3.8) is 0 Å². The molecule has 9 heteroatoms. The average Bonchev–Trinajstić information content (AvgIpc) is 3.18. The van der Waals surface area contributed by atoms with E-state index in [1.54, 1.807) is 36.4 Å². The second kappa shape index (κ2) is 9.88. The number of aromatic nitrogens is 1. The van der Waals surface area contributed by atoms with Crippen LogP contribution in [0, 0.1) is 5.82 Å². The van der Waals surface area contributed by atoms with E-state index in [2.05, 4.69) is 32.0 Å². The minimum absolute atomic E-state index is 0.0903. The predicted octanol–water partition coefficient (Wildman–Crippen LogP) is 5.07. The Morgan fingerprint density at radius 2 is 1.65 bits per heavy atom. The third-order valence-corrected chi connectivity index (χ3v) is 5.66. The van der Waals surface area contributed by atoms with Crippen molar-refractivity contribution < 1.29 is 18.8 Å². The van der Waals surface area contributed by atoms with E-state index in [0.29, 0.717) is 28.7 Å². The van der Waals surface area contributed by atoms with Gasteiger partial charge in [-0.3, -0.25) is 19.8 Å². The molecule has 0 unspecified atom stereocenters. The van der Waals surface area contributed by atoms with Crippen LogP contribution in [0.5, 0.6) is 0 Å². The van der Waals surface area contributed by atoms with Gasteiger partial charge in [0, 0.05) is 21.2 Å². The summed E-state index contributed by atoms with van der Waals surface area (Å²) in [5, 5.41) is 5.95. The summed E-state index contributed by atoms with van der Waals surface area (Å²) in [5.41, 5.74) is 4.93.